The number of hydrogen-bond donors (Lipinski definition) is 2. The smallest absolute Gasteiger partial charge is 0.416 e. The molecule has 0 unspecified atom stereocenters. The van der Waals surface area contributed by atoms with Crippen LogP contribution in [0.1, 0.15) is 16.7 Å². The van der Waals surface area contributed by atoms with E-state index in [0.717, 1.165) is 12.3 Å². The summed E-state index contributed by atoms with van der Waals surface area (Å²) in [5.74, 6) is -0.632. The summed E-state index contributed by atoms with van der Waals surface area (Å²) >= 11 is 0. The number of nitrogens with zero attached hydrogens (tertiary/aromatic N) is 2. The van der Waals surface area contributed by atoms with Gasteiger partial charge in [-0.2, -0.15) is 13.2 Å². The lowest BCUT2D eigenvalue weighted by Crippen LogP contribution is -2.06. The van der Waals surface area contributed by atoms with E-state index in [0.29, 0.717) is 6.07 Å². The second-order valence-corrected chi connectivity index (χ2v) is 5.24. The summed E-state index contributed by atoms with van der Waals surface area (Å²) in [5, 5.41) is 9.96. The predicted molar refractivity (Wildman–Crippen MR) is 84.0 cm³/mol. The van der Waals surface area contributed by atoms with Gasteiger partial charge >= 0.3 is 6.18 Å². The highest BCUT2D eigenvalue weighted by molar-refractivity contribution is 5.87. The first-order valence-corrected chi connectivity index (χ1v) is 7.05. The molecule has 2 aromatic rings. The van der Waals surface area contributed by atoms with Crippen molar-refractivity contribution in [3.05, 3.63) is 41.0 Å². The predicted octanol–water partition coefficient (Wildman–Crippen LogP) is 4.05. The lowest BCUT2D eigenvalue weighted by atomic mass is 10.00. The van der Waals surface area contributed by atoms with Crippen molar-refractivity contribution in [2.24, 2.45) is 4.99 Å². The van der Waals surface area contributed by atoms with E-state index in [-0.39, 0.29) is 28.2 Å². The summed E-state index contributed by atoms with van der Waals surface area (Å²) in [4.78, 5) is 7.52. The zero-order chi connectivity index (χ0) is 18.8. The largest absolute Gasteiger partial charge is 0.507 e. The molecule has 0 atom stereocenters. The van der Waals surface area contributed by atoms with Gasteiger partial charge in [-0.3, -0.25) is 4.99 Å². The van der Waals surface area contributed by atoms with E-state index in [4.69, 9.17) is 5.73 Å². The highest BCUT2D eigenvalue weighted by atomic mass is 19.4. The Labute approximate surface area is 139 Å². The van der Waals surface area contributed by atoms with Crippen molar-refractivity contribution >= 4 is 12.0 Å². The Kier molecular flexibility index (Phi) is 5.24. The Bertz CT molecular complexity index is 780. The number of pyridine rings is 1. The summed E-state index contributed by atoms with van der Waals surface area (Å²) in [6, 6.07) is 4.35. The van der Waals surface area contributed by atoms with Gasteiger partial charge in [0.15, 0.2) is 0 Å². The molecule has 0 radical (unpaired) electrons. The van der Waals surface area contributed by atoms with Gasteiger partial charge in [0, 0.05) is 17.3 Å². The number of hydrogen-bond acceptors (Lipinski definition) is 4. The Balaban J connectivity index is 2.40. The summed E-state index contributed by atoms with van der Waals surface area (Å²) in [6.45, 7) is 0.722. The van der Waals surface area contributed by atoms with Crippen molar-refractivity contribution in [2.75, 3.05) is 12.3 Å². The molecule has 0 aliphatic rings. The highest BCUT2D eigenvalue weighted by Gasteiger charge is 2.32. The fourth-order valence-corrected chi connectivity index (χ4v) is 2.23. The number of aromatic nitrogens is 1. The van der Waals surface area contributed by atoms with Crippen LogP contribution in [0.15, 0.2) is 29.3 Å². The number of rotatable bonds is 4. The van der Waals surface area contributed by atoms with E-state index in [1.807, 2.05) is 0 Å². The highest BCUT2D eigenvalue weighted by Crippen LogP contribution is 2.38. The number of nitrogens with two attached hydrogens (primary N) is 1. The van der Waals surface area contributed by atoms with Crippen molar-refractivity contribution in [1.29, 1.82) is 0 Å². The van der Waals surface area contributed by atoms with Crippen molar-refractivity contribution in [3.8, 4) is 17.0 Å². The number of anilines is 1. The molecule has 3 N–H and O–H groups in total. The van der Waals surface area contributed by atoms with Crippen LogP contribution < -0.4 is 5.73 Å². The lowest BCUT2D eigenvalue weighted by Gasteiger charge is -2.13. The summed E-state index contributed by atoms with van der Waals surface area (Å²) in [7, 11) is 0. The van der Waals surface area contributed by atoms with Gasteiger partial charge in [-0.25, -0.2) is 13.8 Å². The number of aromatic hydroxyl groups is 1. The topological polar surface area (TPSA) is 71.5 Å². The van der Waals surface area contributed by atoms with E-state index in [1.54, 1.807) is 0 Å². The van der Waals surface area contributed by atoms with Gasteiger partial charge in [0.25, 0.3) is 6.43 Å². The van der Waals surface area contributed by atoms with Crippen molar-refractivity contribution < 1.29 is 27.1 Å². The molecule has 134 valence electrons. The molecule has 0 aliphatic heterocycles. The van der Waals surface area contributed by atoms with Crippen LogP contribution in [-0.4, -0.2) is 29.3 Å². The number of aliphatic imine (C=N–C) groups is 1. The van der Waals surface area contributed by atoms with E-state index >= 15 is 0 Å². The fraction of sp³-hybridized carbons (Fsp3) is 0.250. The molecule has 25 heavy (non-hydrogen) atoms. The number of aryl methyl sites for hydroxylation is 1. The van der Waals surface area contributed by atoms with Crippen LogP contribution in [0, 0.1) is 6.92 Å². The zero-order valence-electron chi connectivity index (χ0n) is 13.0. The molecule has 1 aromatic heterocycles. The number of benzene rings is 1. The molecule has 0 aliphatic carbocycles. The Morgan fingerprint density at radius 2 is 1.96 bits per heavy atom. The SMILES string of the molecule is Cc1cc(C(F)(F)F)cc(O)c1-c1ccc(C=NCC(F)F)c(N)n1. The number of nitrogen functional groups attached to an aromatic ring is 1. The number of alkyl halides is 5. The van der Waals surface area contributed by atoms with Gasteiger partial charge in [0.05, 0.1) is 17.8 Å². The van der Waals surface area contributed by atoms with Gasteiger partial charge in [0.2, 0.25) is 0 Å². The first-order chi connectivity index (χ1) is 11.6. The molecule has 0 saturated heterocycles. The lowest BCUT2D eigenvalue weighted by molar-refractivity contribution is -0.137. The van der Waals surface area contributed by atoms with E-state index < -0.39 is 30.5 Å². The molecular weight excluding hydrogens is 345 g/mol. The standard InChI is InChI=1S/C16H14F5N3O/c1-8-4-10(16(19,20)21)5-12(25)14(8)11-3-2-9(15(22)24-11)6-23-7-13(17)18/h2-6,13,25H,7H2,1H3,(H2,22,24). The van der Waals surface area contributed by atoms with Crippen molar-refractivity contribution in [3.63, 3.8) is 0 Å². The van der Waals surface area contributed by atoms with Crippen LogP contribution in [0.25, 0.3) is 11.3 Å². The Morgan fingerprint density at radius 1 is 1.28 bits per heavy atom. The van der Waals surface area contributed by atoms with Gasteiger partial charge in [-0.05, 0) is 36.8 Å². The second kappa shape index (κ2) is 7.04. The van der Waals surface area contributed by atoms with Crippen LogP contribution in [0.2, 0.25) is 0 Å². The maximum absolute atomic E-state index is 12.8. The molecule has 0 bridgehead atoms. The van der Waals surface area contributed by atoms with E-state index in [1.165, 1.54) is 19.1 Å². The minimum atomic E-state index is -4.59. The Morgan fingerprint density at radius 3 is 2.48 bits per heavy atom. The molecule has 0 amide bonds. The molecule has 0 saturated carbocycles. The van der Waals surface area contributed by atoms with Crippen molar-refractivity contribution in [2.45, 2.75) is 19.5 Å². The Hall–Kier alpha value is -2.71. The second-order valence-electron chi connectivity index (χ2n) is 5.24. The average Bonchev–Trinajstić information content (AvgIpc) is 2.47. The van der Waals surface area contributed by atoms with Gasteiger partial charge < -0.3 is 10.8 Å². The minimum absolute atomic E-state index is 0.0470. The third-order valence-corrected chi connectivity index (χ3v) is 3.33. The molecule has 1 heterocycles. The van der Waals surface area contributed by atoms with Gasteiger partial charge in [-0.15, -0.1) is 0 Å². The first-order valence-electron chi connectivity index (χ1n) is 7.05. The van der Waals surface area contributed by atoms with Crippen LogP contribution in [-0.2, 0) is 6.18 Å². The minimum Gasteiger partial charge on any atom is -0.507 e. The maximum Gasteiger partial charge on any atom is 0.416 e. The fourth-order valence-electron chi connectivity index (χ4n) is 2.23. The number of phenolic OH excluding ortho intramolecular Hbond substituents is 1. The number of phenols is 1. The molecule has 9 heteroatoms. The average molecular weight is 359 g/mol. The molecular formula is C16H14F5N3O. The van der Waals surface area contributed by atoms with Gasteiger partial charge in [0.1, 0.15) is 11.6 Å². The number of halogens is 5. The maximum atomic E-state index is 12.8. The third-order valence-electron chi connectivity index (χ3n) is 3.33. The normalized spacial score (nSPS) is 12.3. The third kappa shape index (κ3) is 4.43. The summed E-state index contributed by atoms with van der Waals surface area (Å²) in [5.41, 5.74) is 5.46. The van der Waals surface area contributed by atoms with Crippen LogP contribution in [0.4, 0.5) is 27.8 Å². The zero-order valence-corrected chi connectivity index (χ0v) is 13.0. The summed E-state index contributed by atoms with van der Waals surface area (Å²) in [6.07, 6.45) is -6.04. The van der Waals surface area contributed by atoms with Crippen LogP contribution in [0.5, 0.6) is 5.75 Å². The molecule has 4 nitrogen and oxygen atoms in total. The molecule has 1 aromatic carbocycles. The van der Waals surface area contributed by atoms with Gasteiger partial charge in [-0.1, -0.05) is 0 Å². The quantitative estimate of drug-likeness (QED) is 0.639. The monoisotopic (exact) mass is 359 g/mol. The molecule has 0 spiro atoms. The van der Waals surface area contributed by atoms with E-state index in [2.05, 4.69) is 9.98 Å². The van der Waals surface area contributed by atoms with Crippen LogP contribution >= 0.6 is 0 Å². The van der Waals surface area contributed by atoms with Crippen LogP contribution in [0.3, 0.4) is 0 Å². The molecule has 2 rings (SSSR count). The van der Waals surface area contributed by atoms with Crippen molar-refractivity contribution in [1.82, 2.24) is 4.98 Å². The molecule has 0 fully saturated rings. The summed E-state index contributed by atoms with van der Waals surface area (Å²) < 4.78 is 62.4. The van der Waals surface area contributed by atoms with E-state index in [9.17, 15) is 27.1 Å². The first kappa shape index (κ1) is 18.6.